The number of hydrogen-bond donors (Lipinski definition) is 2. The van der Waals surface area contributed by atoms with Crippen LogP contribution in [0, 0.1) is 16.7 Å². The van der Waals surface area contributed by atoms with Crippen molar-refractivity contribution in [2.45, 2.75) is 57.7 Å². The molecule has 2 N–H and O–H groups in total. The number of aliphatic imine (C=N–C) groups is 1. The molecule has 2 aliphatic carbocycles. The van der Waals surface area contributed by atoms with E-state index >= 15 is 0 Å². The topological polar surface area (TPSA) is 69.4 Å². The van der Waals surface area contributed by atoms with Crippen molar-refractivity contribution in [1.29, 1.82) is 5.26 Å². The number of hydrogen-bond acceptors (Lipinski definition) is 3. The van der Waals surface area contributed by atoms with Crippen molar-refractivity contribution in [2.75, 3.05) is 13.7 Å². The maximum atomic E-state index is 8.87. The van der Waals surface area contributed by atoms with Gasteiger partial charge in [-0.15, -0.1) is 24.0 Å². The first-order valence-corrected chi connectivity index (χ1v) is 9.29. The summed E-state index contributed by atoms with van der Waals surface area (Å²) in [5.74, 6) is 0.843. The Bertz CT molecular complexity index is 647. The van der Waals surface area contributed by atoms with Crippen molar-refractivity contribution >= 4 is 29.9 Å². The van der Waals surface area contributed by atoms with Crippen LogP contribution in [0.1, 0.15) is 50.2 Å². The molecule has 2 unspecified atom stereocenters. The molecule has 0 heterocycles. The molecule has 0 amide bonds. The molecular weight excluding hydrogens is 439 g/mol. The van der Waals surface area contributed by atoms with E-state index in [9.17, 15) is 0 Å². The SMILES string of the molecule is CCOC1CC(NC(=NC)NCc2ccc(C#N)cc2)C12CCCC2.I. The number of benzene rings is 1. The van der Waals surface area contributed by atoms with Crippen LogP contribution in [-0.2, 0) is 11.3 Å². The van der Waals surface area contributed by atoms with Crippen LogP contribution in [0.4, 0.5) is 0 Å². The van der Waals surface area contributed by atoms with Crippen molar-refractivity contribution in [1.82, 2.24) is 10.6 Å². The minimum atomic E-state index is 0. The largest absolute Gasteiger partial charge is 0.378 e. The first kappa shape index (κ1) is 21.0. The molecule has 3 rings (SSSR count). The van der Waals surface area contributed by atoms with Gasteiger partial charge in [0.25, 0.3) is 0 Å². The van der Waals surface area contributed by atoms with E-state index in [2.05, 4.69) is 28.6 Å². The predicted molar refractivity (Wildman–Crippen MR) is 115 cm³/mol. The van der Waals surface area contributed by atoms with E-state index in [1.54, 1.807) is 0 Å². The monoisotopic (exact) mass is 468 g/mol. The lowest BCUT2D eigenvalue weighted by Gasteiger charge is -2.54. The van der Waals surface area contributed by atoms with Gasteiger partial charge in [0.2, 0.25) is 0 Å². The molecule has 2 aliphatic rings. The highest BCUT2D eigenvalue weighted by atomic mass is 127. The Hall–Kier alpha value is -1.33. The molecule has 1 aromatic rings. The van der Waals surface area contributed by atoms with Gasteiger partial charge in [-0.05, 0) is 43.9 Å². The number of halogens is 1. The maximum absolute atomic E-state index is 8.87. The van der Waals surface area contributed by atoms with Gasteiger partial charge < -0.3 is 15.4 Å². The molecule has 1 spiro atoms. The van der Waals surface area contributed by atoms with Crippen molar-refractivity contribution in [3.05, 3.63) is 35.4 Å². The zero-order valence-corrected chi connectivity index (χ0v) is 18.0. The van der Waals surface area contributed by atoms with Gasteiger partial charge >= 0.3 is 0 Å². The quantitative estimate of drug-likeness (QED) is 0.394. The predicted octanol–water partition coefficient (Wildman–Crippen LogP) is 3.58. The normalized spacial score (nSPS) is 23.7. The smallest absolute Gasteiger partial charge is 0.191 e. The van der Waals surface area contributed by atoms with E-state index in [-0.39, 0.29) is 24.0 Å². The molecule has 142 valence electrons. The Labute approximate surface area is 173 Å². The van der Waals surface area contributed by atoms with Crippen LogP contribution in [-0.4, -0.2) is 31.8 Å². The Kier molecular flexibility index (Phi) is 7.71. The Morgan fingerprint density at radius 1 is 1.31 bits per heavy atom. The summed E-state index contributed by atoms with van der Waals surface area (Å²) < 4.78 is 5.99. The van der Waals surface area contributed by atoms with Crippen molar-refractivity contribution in [3.8, 4) is 6.07 Å². The molecule has 0 aliphatic heterocycles. The van der Waals surface area contributed by atoms with E-state index in [0.717, 1.165) is 24.6 Å². The molecule has 0 aromatic heterocycles. The Morgan fingerprint density at radius 2 is 2.00 bits per heavy atom. The number of nitrogens with one attached hydrogen (secondary N) is 2. The zero-order valence-electron chi connectivity index (χ0n) is 15.6. The van der Waals surface area contributed by atoms with Crippen LogP contribution in [0.3, 0.4) is 0 Å². The fourth-order valence-electron chi connectivity index (χ4n) is 4.33. The number of rotatable bonds is 5. The number of nitriles is 1. The molecule has 5 nitrogen and oxygen atoms in total. The second-order valence-electron chi connectivity index (χ2n) is 7.05. The van der Waals surface area contributed by atoms with Gasteiger partial charge in [0.05, 0.1) is 17.7 Å². The number of guanidine groups is 1. The summed E-state index contributed by atoms with van der Waals surface area (Å²) in [5.41, 5.74) is 2.12. The highest BCUT2D eigenvalue weighted by Gasteiger charge is 2.56. The summed E-state index contributed by atoms with van der Waals surface area (Å²) in [6, 6.07) is 10.2. The molecule has 26 heavy (non-hydrogen) atoms. The van der Waals surface area contributed by atoms with Crippen molar-refractivity contribution < 1.29 is 4.74 Å². The summed E-state index contributed by atoms with van der Waals surface area (Å²) in [6.07, 6.45) is 6.57. The van der Waals surface area contributed by atoms with Crippen LogP contribution in [0.5, 0.6) is 0 Å². The summed E-state index contributed by atoms with van der Waals surface area (Å²) in [6.45, 7) is 3.58. The van der Waals surface area contributed by atoms with Gasteiger partial charge in [0.1, 0.15) is 0 Å². The summed E-state index contributed by atoms with van der Waals surface area (Å²) in [4.78, 5) is 4.39. The van der Waals surface area contributed by atoms with Crippen LogP contribution in [0.2, 0.25) is 0 Å². The second-order valence-corrected chi connectivity index (χ2v) is 7.05. The van der Waals surface area contributed by atoms with Crippen LogP contribution in [0.25, 0.3) is 0 Å². The molecule has 0 saturated heterocycles. The summed E-state index contributed by atoms with van der Waals surface area (Å²) in [5, 5.41) is 15.9. The van der Waals surface area contributed by atoms with Gasteiger partial charge in [0, 0.05) is 31.7 Å². The van der Waals surface area contributed by atoms with Crippen LogP contribution < -0.4 is 10.6 Å². The summed E-state index contributed by atoms with van der Waals surface area (Å²) >= 11 is 0. The highest BCUT2D eigenvalue weighted by Crippen LogP contribution is 2.54. The number of nitrogens with zero attached hydrogens (tertiary/aromatic N) is 2. The van der Waals surface area contributed by atoms with E-state index in [1.165, 1.54) is 25.7 Å². The van der Waals surface area contributed by atoms with Crippen LogP contribution >= 0.6 is 24.0 Å². The third-order valence-electron chi connectivity index (χ3n) is 5.76. The molecule has 2 saturated carbocycles. The molecule has 0 radical (unpaired) electrons. The Balaban J connectivity index is 0.00000243. The van der Waals surface area contributed by atoms with E-state index in [0.29, 0.717) is 29.7 Å². The van der Waals surface area contributed by atoms with Gasteiger partial charge in [0.15, 0.2) is 5.96 Å². The number of ether oxygens (including phenoxy) is 1. The molecule has 2 fully saturated rings. The second kappa shape index (κ2) is 9.56. The first-order valence-electron chi connectivity index (χ1n) is 9.29. The average molecular weight is 468 g/mol. The molecule has 2 atom stereocenters. The first-order chi connectivity index (χ1) is 12.2. The van der Waals surface area contributed by atoms with Gasteiger partial charge in [-0.2, -0.15) is 5.26 Å². The van der Waals surface area contributed by atoms with Crippen molar-refractivity contribution in [3.63, 3.8) is 0 Å². The standard InChI is InChI=1S/C20H28N4O.HI/c1-3-25-18-12-17(20(18)10-4-5-11-20)24-19(22-2)23-14-16-8-6-15(13-21)7-9-16;/h6-9,17-18H,3-5,10-12,14H2,1-2H3,(H2,22,23,24);1H. The molecule has 1 aromatic carbocycles. The molecule has 6 heteroatoms. The van der Waals surface area contributed by atoms with Crippen molar-refractivity contribution in [2.24, 2.45) is 10.4 Å². The lowest BCUT2D eigenvalue weighted by molar-refractivity contribution is -0.125. The third-order valence-corrected chi connectivity index (χ3v) is 5.76. The fraction of sp³-hybridized carbons (Fsp3) is 0.600. The van der Waals surface area contributed by atoms with E-state index < -0.39 is 0 Å². The maximum Gasteiger partial charge on any atom is 0.191 e. The minimum Gasteiger partial charge on any atom is -0.378 e. The average Bonchev–Trinajstić information content (AvgIpc) is 3.17. The molecular formula is C20H29IN4O. The highest BCUT2D eigenvalue weighted by molar-refractivity contribution is 14.0. The minimum absolute atomic E-state index is 0. The lowest BCUT2D eigenvalue weighted by atomic mass is 9.60. The van der Waals surface area contributed by atoms with Gasteiger partial charge in [-0.25, -0.2) is 0 Å². The van der Waals surface area contributed by atoms with Gasteiger partial charge in [-0.1, -0.05) is 25.0 Å². The lowest BCUT2D eigenvalue weighted by Crippen LogP contribution is -2.65. The summed E-state index contributed by atoms with van der Waals surface area (Å²) in [7, 11) is 1.81. The van der Waals surface area contributed by atoms with E-state index in [4.69, 9.17) is 10.00 Å². The fourth-order valence-corrected chi connectivity index (χ4v) is 4.33. The Morgan fingerprint density at radius 3 is 2.58 bits per heavy atom. The zero-order chi connectivity index (χ0) is 17.7. The molecule has 0 bridgehead atoms. The van der Waals surface area contributed by atoms with Crippen LogP contribution in [0.15, 0.2) is 29.3 Å². The third kappa shape index (κ3) is 4.32. The van der Waals surface area contributed by atoms with E-state index in [1.807, 2.05) is 31.3 Å². The van der Waals surface area contributed by atoms with Gasteiger partial charge in [-0.3, -0.25) is 4.99 Å².